The van der Waals surface area contributed by atoms with Gasteiger partial charge in [0.25, 0.3) is 0 Å². The minimum Gasteiger partial charge on any atom is -0.396 e. The van der Waals surface area contributed by atoms with E-state index < -0.39 is 0 Å². The van der Waals surface area contributed by atoms with Crippen molar-refractivity contribution in [2.75, 3.05) is 12.3 Å². The van der Waals surface area contributed by atoms with E-state index in [0.717, 1.165) is 11.3 Å². The Kier molecular flexibility index (Phi) is 3.62. The second kappa shape index (κ2) is 5.05. The second-order valence-electron chi connectivity index (χ2n) is 5.72. The number of rotatable bonds is 3. The van der Waals surface area contributed by atoms with Crippen LogP contribution < -0.4 is 5.73 Å². The van der Waals surface area contributed by atoms with Crippen molar-refractivity contribution in [3.8, 4) is 11.3 Å². The Morgan fingerprint density at radius 3 is 2.37 bits per heavy atom. The second-order valence-corrected chi connectivity index (χ2v) is 5.72. The van der Waals surface area contributed by atoms with E-state index in [-0.39, 0.29) is 12.0 Å². The Balaban J connectivity index is 2.40. The number of nitrogens with two attached hydrogens (primary N) is 1. The van der Waals surface area contributed by atoms with Crippen LogP contribution in [-0.4, -0.2) is 21.5 Å². The summed E-state index contributed by atoms with van der Waals surface area (Å²) in [5.74, 6) is 0. The molecule has 1 aromatic carbocycles. The summed E-state index contributed by atoms with van der Waals surface area (Å²) in [6.45, 7) is 7.06. The molecule has 0 aliphatic rings. The van der Waals surface area contributed by atoms with Crippen molar-refractivity contribution >= 4 is 5.69 Å². The highest BCUT2D eigenvalue weighted by molar-refractivity contribution is 5.72. The van der Waals surface area contributed by atoms with E-state index in [2.05, 4.69) is 50.1 Å². The smallest absolute Gasteiger partial charge is 0.0913 e. The first-order chi connectivity index (χ1) is 8.93. The molecule has 1 heterocycles. The Bertz CT molecular complexity index is 550. The summed E-state index contributed by atoms with van der Waals surface area (Å²) in [7, 11) is 0. The van der Waals surface area contributed by atoms with Crippen LogP contribution in [0.25, 0.3) is 11.3 Å². The zero-order valence-corrected chi connectivity index (χ0v) is 11.7. The van der Waals surface area contributed by atoms with Crippen LogP contribution in [0.3, 0.4) is 0 Å². The third-order valence-corrected chi connectivity index (χ3v) is 3.20. The Hall–Kier alpha value is -1.81. The van der Waals surface area contributed by atoms with Crippen LogP contribution in [0.2, 0.25) is 0 Å². The van der Waals surface area contributed by atoms with Crippen molar-refractivity contribution in [3.63, 3.8) is 0 Å². The largest absolute Gasteiger partial charge is 0.396 e. The zero-order chi connectivity index (χ0) is 14.0. The van der Waals surface area contributed by atoms with Gasteiger partial charge in [-0.3, -0.25) is 4.68 Å². The number of aromatic nitrogens is 2. The van der Waals surface area contributed by atoms with E-state index in [1.165, 1.54) is 5.56 Å². The maximum atomic E-state index is 9.05. The highest BCUT2D eigenvalue weighted by Crippen LogP contribution is 2.29. The quantitative estimate of drug-likeness (QED) is 0.889. The van der Waals surface area contributed by atoms with Crippen LogP contribution in [0.1, 0.15) is 26.3 Å². The number of aliphatic hydroxyl groups excluding tert-OH is 1. The first kappa shape index (κ1) is 13.6. The number of benzene rings is 1. The van der Waals surface area contributed by atoms with Crippen LogP contribution in [0, 0.1) is 0 Å². The summed E-state index contributed by atoms with van der Waals surface area (Å²) in [6.07, 6.45) is 1.63. The fourth-order valence-electron chi connectivity index (χ4n) is 2.11. The molecule has 1 aromatic heterocycles. The van der Waals surface area contributed by atoms with Crippen molar-refractivity contribution in [2.24, 2.45) is 0 Å². The van der Waals surface area contributed by atoms with Gasteiger partial charge in [0, 0.05) is 5.56 Å². The molecule has 0 fully saturated rings. The molecule has 0 saturated carbocycles. The third kappa shape index (κ3) is 2.79. The van der Waals surface area contributed by atoms with Gasteiger partial charge in [-0.2, -0.15) is 5.10 Å². The standard InChI is InChI=1S/C15H21N3O/c1-15(2,3)12-6-4-11(5-7-12)14-13(16)10-17-18(14)8-9-19/h4-7,10,19H,8-9,16H2,1-3H3. The average Bonchev–Trinajstić information content (AvgIpc) is 2.70. The summed E-state index contributed by atoms with van der Waals surface area (Å²) in [6, 6.07) is 8.35. The molecular formula is C15H21N3O. The van der Waals surface area contributed by atoms with Crippen LogP contribution >= 0.6 is 0 Å². The van der Waals surface area contributed by atoms with Crippen LogP contribution in [0.15, 0.2) is 30.5 Å². The Morgan fingerprint density at radius 1 is 1.21 bits per heavy atom. The lowest BCUT2D eigenvalue weighted by molar-refractivity contribution is 0.270. The highest BCUT2D eigenvalue weighted by Gasteiger charge is 2.15. The average molecular weight is 259 g/mol. The van der Waals surface area contributed by atoms with Gasteiger partial charge in [-0.15, -0.1) is 0 Å². The van der Waals surface area contributed by atoms with E-state index in [9.17, 15) is 0 Å². The molecule has 0 bridgehead atoms. The predicted octanol–water partition coefficient (Wildman–Crippen LogP) is 2.42. The molecule has 102 valence electrons. The number of hydrogen-bond acceptors (Lipinski definition) is 3. The van der Waals surface area contributed by atoms with Gasteiger partial charge in [0.2, 0.25) is 0 Å². The number of nitrogen functional groups attached to an aromatic ring is 1. The molecule has 0 aliphatic heterocycles. The van der Waals surface area contributed by atoms with Crippen molar-refractivity contribution in [1.82, 2.24) is 9.78 Å². The molecule has 3 N–H and O–H groups in total. The molecule has 0 amide bonds. The van der Waals surface area contributed by atoms with E-state index in [0.29, 0.717) is 12.2 Å². The van der Waals surface area contributed by atoms with Crippen LogP contribution in [-0.2, 0) is 12.0 Å². The summed E-state index contributed by atoms with van der Waals surface area (Å²) < 4.78 is 1.74. The Labute approximate surface area is 113 Å². The molecule has 0 atom stereocenters. The van der Waals surface area contributed by atoms with Gasteiger partial charge >= 0.3 is 0 Å². The zero-order valence-electron chi connectivity index (χ0n) is 11.7. The van der Waals surface area contributed by atoms with Gasteiger partial charge in [0.1, 0.15) is 0 Å². The first-order valence-electron chi connectivity index (χ1n) is 6.46. The van der Waals surface area contributed by atoms with Crippen molar-refractivity contribution in [1.29, 1.82) is 0 Å². The molecule has 0 aliphatic carbocycles. The molecule has 0 spiro atoms. The predicted molar refractivity (Wildman–Crippen MR) is 77.9 cm³/mol. The number of nitrogens with zero attached hydrogens (tertiary/aromatic N) is 2. The maximum Gasteiger partial charge on any atom is 0.0913 e. The molecule has 2 aromatic rings. The minimum atomic E-state index is 0.0498. The molecule has 2 rings (SSSR count). The lowest BCUT2D eigenvalue weighted by Crippen LogP contribution is -2.11. The van der Waals surface area contributed by atoms with E-state index in [1.54, 1.807) is 10.9 Å². The number of hydrogen-bond donors (Lipinski definition) is 2. The van der Waals surface area contributed by atoms with Gasteiger partial charge in [0.05, 0.1) is 30.7 Å². The molecule has 0 saturated heterocycles. The van der Waals surface area contributed by atoms with Gasteiger partial charge in [-0.05, 0) is 11.0 Å². The van der Waals surface area contributed by atoms with Crippen molar-refractivity contribution < 1.29 is 5.11 Å². The highest BCUT2D eigenvalue weighted by atomic mass is 16.3. The number of anilines is 1. The summed E-state index contributed by atoms with van der Waals surface area (Å²) in [4.78, 5) is 0. The fraction of sp³-hybridized carbons (Fsp3) is 0.400. The SMILES string of the molecule is CC(C)(C)c1ccc(-c2c(N)cnn2CCO)cc1. The lowest BCUT2D eigenvalue weighted by atomic mass is 9.86. The summed E-state index contributed by atoms with van der Waals surface area (Å²) in [5.41, 5.74) is 9.91. The molecule has 0 radical (unpaired) electrons. The fourth-order valence-corrected chi connectivity index (χ4v) is 2.11. The summed E-state index contributed by atoms with van der Waals surface area (Å²) in [5, 5.41) is 13.2. The molecule has 0 unspecified atom stereocenters. The van der Waals surface area contributed by atoms with Crippen molar-refractivity contribution in [2.45, 2.75) is 32.7 Å². The maximum absolute atomic E-state index is 9.05. The van der Waals surface area contributed by atoms with E-state index in [4.69, 9.17) is 10.8 Å². The van der Waals surface area contributed by atoms with Crippen LogP contribution in [0.5, 0.6) is 0 Å². The van der Waals surface area contributed by atoms with Gasteiger partial charge in [-0.25, -0.2) is 0 Å². The normalized spacial score (nSPS) is 11.8. The minimum absolute atomic E-state index is 0.0498. The van der Waals surface area contributed by atoms with Gasteiger partial charge in [0.15, 0.2) is 0 Å². The van der Waals surface area contributed by atoms with Crippen LogP contribution in [0.4, 0.5) is 5.69 Å². The van der Waals surface area contributed by atoms with Gasteiger partial charge in [-0.1, -0.05) is 45.0 Å². The molecule has 4 heteroatoms. The molecular weight excluding hydrogens is 238 g/mol. The van der Waals surface area contributed by atoms with E-state index >= 15 is 0 Å². The Morgan fingerprint density at radius 2 is 1.84 bits per heavy atom. The van der Waals surface area contributed by atoms with E-state index in [1.807, 2.05) is 0 Å². The lowest BCUT2D eigenvalue weighted by Gasteiger charge is -2.19. The molecule has 19 heavy (non-hydrogen) atoms. The topological polar surface area (TPSA) is 64.1 Å². The number of aliphatic hydroxyl groups is 1. The summed E-state index contributed by atoms with van der Waals surface area (Å²) >= 11 is 0. The third-order valence-electron chi connectivity index (χ3n) is 3.20. The molecule has 4 nitrogen and oxygen atoms in total. The van der Waals surface area contributed by atoms with Gasteiger partial charge < -0.3 is 10.8 Å². The van der Waals surface area contributed by atoms with Crippen molar-refractivity contribution in [3.05, 3.63) is 36.0 Å². The monoisotopic (exact) mass is 259 g/mol. The first-order valence-corrected chi connectivity index (χ1v) is 6.46.